The molecule has 0 radical (unpaired) electrons. The van der Waals surface area contributed by atoms with Crippen molar-refractivity contribution in [2.75, 3.05) is 0 Å². The summed E-state index contributed by atoms with van der Waals surface area (Å²) < 4.78 is 5.68. The molecule has 0 bridgehead atoms. The highest BCUT2D eigenvalue weighted by molar-refractivity contribution is 5.82. The monoisotopic (exact) mass is 230 g/mol. The van der Waals surface area contributed by atoms with Gasteiger partial charge >= 0.3 is 0 Å². The van der Waals surface area contributed by atoms with Gasteiger partial charge in [-0.2, -0.15) is 0 Å². The van der Waals surface area contributed by atoms with E-state index in [1.807, 2.05) is 31.2 Å². The molecular weight excluding hydrogens is 212 g/mol. The molecule has 0 amide bonds. The zero-order valence-electron chi connectivity index (χ0n) is 10.1. The van der Waals surface area contributed by atoms with E-state index in [-0.39, 0.29) is 6.10 Å². The van der Waals surface area contributed by atoms with Crippen LogP contribution in [0.5, 0.6) is 0 Å². The van der Waals surface area contributed by atoms with Gasteiger partial charge in [-0.05, 0) is 31.7 Å². The molecule has 1 N–H and O–H groups in total. The van der Waals surface area contributed by atoms with E-state index in [9.17, 15) is 5.11 Å². The van der Waals surface area contributed by atoms with Crippen molar-refractivity contribution in [3.63, 3.8) is 0 Å². The van der Waals surface area contributed by atoms with E-state index in [1.165, 1.54) is 12.8 Å². The van der Waals surface area contributed by atoms with Crippen molar-refractivity contribution < 1.29 is 9.52 Å². The van der Waals surface area contributed by atoms with Gasteiger partial charge in [0.1, 0.15) is 11.3 Å². The molecule has 2 aromatic rings. The lowest BCUT2D eigenvalue weighted by molar-refractivity contribution is 0.161. The molecule has 1 unspecified atom stereocenters. The van der Waals surface area contributed by atoms with Gasteiger partial charge in [0, 0.05) is 10.9 Å². The molecule has 1 aliphatic carbocycles. The molecule has 0 aliphatic heterocycles. The van der Waals surface area contributed by atoms with Crippen LogP contribution in [0.25, 0.3) is 11.0 Å². The fraction of sp³-hybridized carbons (Fsp3) is 0.467. The summed E-state index contributed by atoms with van der Waals surface area (Å²) in [5, 5.41) is 11.4. The Hall–Kier alpha value is -1.28. The van der Waals surface area contributed by atoms with E-state index >= 15 is 0 Å². The van der Waals surface area contributed by atoms with E-state index in [1.54, 1.807) is 0 Å². The van der Waals surface area contributed by atoms with Gasteiger partial charge in [-0.3, -0.25) is 0 Å². The first kappa shape index (κ1) is 10.8. The Morgan fingerprint density at radius 3 is 2.88 bits per heavy atom. The number of furan rings is 1. The molecule has 17 heavy (non-hydrogen) atoms. The van der Waals surface area contributed by atoms with Gasteiger partial charge < -0.3 is 9.52 Å². The number of fused-ring (bicyclic) bond motifs is 1. The van der Waals surface area contributed by atoms with Crippen LogP contribution < -0.4 is 0 Å². The van der Waals surface area contributed by atoms with Crippen molar-refractivity contribution in [3.05, 3.63) is 35.6 Å². The van der Waals surface area contributed by atoms with Crippen LogP contribution in [0.2, 0.25) is 0 Å². The minimum atomic E-state index is -0.376. The number of para-hydroxylation sites is 1. The molecule has 1 aromatic carbocycles. The Bertz CT molecular complexity index is 523. The standard InChI is InChI=1S/C15H18O2/c1-10-15(13(16)9-8-11-6-7-11)12-4-2-3-5-14(12)17-10/h2-5,11,13,16H,6-9H2,1H3. The summed E-state index contributed by atoms with van der Waals surface area (Å²) in [4.78, 5) is 0. The third-order valence-electron chi connectivity index (χ3n) is 3.70. The second-order valence-electron chi connectivity index (χ2n) is 5.10. The average Bonchev–Trinajstić information content (AvgIpc) is 3.07. The van der Waals surface area contributed by atoms with E-state index in [2.05, 4.69) is 0 Å². The second-order valence-corrected chi connectivity index (χ2v) is 5.10. The SMILES string of the molecule is Cc1oc2ccccc2c1C(O)CCC1CC1. The molecule has 1 fully saturated rings. The molecule has 1 saturated carbocycles. The van der Waals surface area contributed by atoms with Crippen molar-refractivity contribution in [1.82, 2.24) is 0 Å². The van der Waals surface area contributed by atoms with Gasteiger partial charge in [0.25, 0.3) is 0 Å². The fourth-order valence-electron chi connectivity index (χ4n) is 2.55. The molecule has 1 aromatic heterocycles. The van der Waals surface area contributed by atoms with E-state index in [0.29, 0.717) is 0 Å². The Morgan fingerprint density at radius 1 is 1.35 bits per heavy atom. The molecule has 3 rings (SSSR count). The van der Waals surface area contributed by atoms with E-state index < -0.39 is 0 Å². The summed E-state index contributed by atoms with van der Waals surface area (Å²) in [7, 11) is 0. The van der Waals surface area contributed by atoms with Crippen molar-refractivity contribution in [2.45, 2.75) is 38.7 Å². The molecule has 2 heteroatoms. The van der Waals surface area contributed by atoms with Crippen molar-refractivity contribution in [3.8, 4) is 0 Å². The molecule has 90 valence electrons. The first-order valence-electron chi connectivity index (χ1n) is 6.42. The van der Waals surface area contributed by atoms with Crippen LogP contribution in [0.4, 0.5) is 0 Å². The second kappa shape index (κ2) is 4.19. The normalized spacial score (nSPS) is 17.5. The van der Waals surface area contributed by atoms with Crippen molar-refractivity contribution in [2.24, 2.45) is 5.92 Å². The first-order chi connectivity index (χ1) is 8.25. The third-order valence-corrected chi connectivity index (χ3v) is 3.70. The predicted octanol–water partition coefficient (Wildman–Crippen LogP) is 3.96. The minimum Gasteiger partial charge on any atom is -0.461 e. The highest BCUT2D eigenvalue weighted by atomic mass is 16.3. The summed E-state index contributed by atoms with van der Waals surface area (Å²) >= 11 is 0. The number of hydrogen-bond acceptors (Lipinski definition) is 2. The maximum absolute atomic E-state index is 10.3. The molecule has 0 spiro atoms. The van der Waals surface area contributed by atoms with Crippen LogP contribution in [-0.2, 0) is 0 Å². The lowest BCUT2D eigenvalue weighted by atomic mass is 10.0. The Labute approximate surface area is 101 Å². The lowest BCUT2D eigenvalue weighted by Crippen LogP contribution is -1.98. The number of rotatable bonds is 4. The summed E-state index contributed by atoms with van der Waals surface area (Å²) in [5.41, 5.74) is 1.87. The number of aliphatic hydroxyl groups excluding tert-OH is 1. The summed E-state index contributed by atoms with van der Waals surface area (Å²) in [6.45, 7) is 1.94. The molecule has 1 aliphatic rings. The third kappa shape index (κ3) is 2.09. The van der Waals surface area contributed by atoms with Gasteiger partial charge in [0.05, 0.1) is 6.10 Å². The summed E-state index contributed by atoms with van der Waals surface area (Å²) in [6.07, 6.45) is 4.31. The van der Waals surface area contributed by atoms with Crippen molar-refractivity contribution >= 4 is 11.0 Å². The van der Waals surface area contributed by atoms with Gasteiger partial charge in [-0.1, -0.05) is 31.0 Å². The molecule has 1 heterocycles. The quantitative estimate of drug-likeness (QED) is 0.862. The zero-order chi connectivity index (χ0) is 11.8. The number of benzene rings is 1. The van der Waals surface area contributed by atoms with E-state index in [0.717, 1.165) is 41.1 Å². The molecule has 0 saturated heterocycles. The minimum absolute atomic E-state index is 0.376. The smallest absolute Gasteiger partial charge is 0.134 e. The Morgan fingerprint density at radius 2 is 2.12 bits per heavy atom. The summed E-state index contributed by atoms with van der Waals surface area (Å²) in [6, 6.07) is 7.95. The maximum atomic E-state index is 10.3. The predicted molar refractivity (Wildman–Crippen MR) is 67.9 cm³/mol. The Balaban J connectivity index is 1.88. The summed E-state index contributed by atoms with van der Waals surface area (Å²) in [5.74, 6) is 1.72. The first-order valence-corrected chi connectivity index (χ1v) is 6.42. The van der Waals surface area contributed by atoms with Crippen LogP contribution >= 0.6 is 0 Å². The van der Waals surface area contributed by atoms with Gasteiger partial charge in [0.2, 0.25) is 0 Å². The molecular formula is C15H18O2. The molecule has 1 atom stereocenters. The molecule has 2 nitrogen and oxygen atoms in total. The van der Waals surface area contributed by atoms with Crippen LogP contribution in [0, 0.1) is 12.8 Å². The number of hydrogen-bond donors (Lipinski definition) is 1. The van der Waals surface area contributed by atoms with Crippen LogP contribution in [-0.4, -0.2) is 5.11 Å². The topological polar surface area (TPSA) is 33.4 Å². The fourth-order valence-corrected chi connectivity index (χ4v) is 2.55. The zero-order valence-corrected chi connectivity index (χ0v) is 10.1. The average molecular weight is 230 g/mol. The van der Waals surface area contributed by atoms with Crippen molar-refractivity contribution in [1.29, 1.82) is 0 Å². The number of aliphatic hydroxyl groups is 1. The number of aryl methyl sites for hydroxylation is 1. The highest BCUT2D eigenvalue weighted by Gasteiger charge is 2.24. The Kier molecular flexibility index (Phi) is 2.67. The van der Waals surface area contributed by atoms with Gasteiger partial charge in [-0.15, -0.1) is 0 Å². The highest BCUT2D eigenvalue weighted by Crippen LogP contribution is 2.38. The largest absolute Gasteiger partial charge is 0.461 e. The van der Waals surface area contributed by atoms with Gasteiger partial charge in [-0.25, -0.2) is 0 Å². The van der Waals surface area contributed by atoms with Crippen LogP contribution in [0.15, 0.2) is 28.7 Å². The van der Waals surface area contributed by atoms with Crippen LogP contribution in [0.1, 0.15) is 43.1 Å². The van der Waals surface area contributed by atoms with Gasteiger partial charge in [0.15, 0.2) is 0 Å². The van der Waals surface area contributed by atoms with Crippen LogP contribution in [0.3, 0.4) is 0 Å². The lowest BCUT2D eigenvalue weighted by Gasteiger charge is -2.09. The maximum Gasteiger partial charge on any atom is 0.134 e. The van der Waals surface area contributed by atoms with E-state index in [4.69, 9.17) is 4.42 Å².